The van der Waals surface area contributed by atoms with E-state index in [0.717, 1.165) is 22.7 Å². The van der Waals surface area contributed by atoms with E-state index in [9.17, 15) is 27.2 Å². The maximum atomic E-state index is 14.5. The highest BCUT2D eigenvalue weighted by Gasteiger charge is 2.35. The summed E-state index contributed by atoms with van der Waals surface area (Å²) in [5.41, 5.74) is 0. The number of thiophene rings is 2. The zero-order valence-electron chi connectivity index (χ0n) is 23.1. The predicted octanol–water partition coefficient (Wildman–Crippen LogP) is 7.89. The summed E-state index contributed by atoms with van der Waals surface area (Å²) in [5.74, 6) is -7.81. The second-order valence-electron chi connectivity index (χ2n) is 9.55. The molecule has 0 saturated carbocycles. The Morgan fingerprint density at radius 2 is 1.07 bits per heavy atom. The summed E-state index contributed by atoms with van der Waals surface area (Å²) >= 11 is 1.72. The molecule has 0 unspecified atom stereocenters. The van der Waals surface area contributed by atoms with Crippen molar-refractivity contribution in [3.05, 3.63) is 46.2 Å². The van der Waals surface area contributed by atoms with Gasteiger partial charge in [-0.2, -0.15) is 0 Å². The van der Waals surface area contributed by atoms with Crippen molar-refractivity contribution in [3.8, 4) is 23.0 Å². The fraction of sp³-hybridized carbons (Fsp3) is 0.379. The Kier molecular flexibility index (Phi) is 9.90. The van der Waals surface area contributed by atoms with Crippen LogP contribution in [-0.2, 0) is 21.4 Å². The van der Waals surface area contributed by atoms with E-state index in [2.05, 4.69) is 0 Å². The molecule has 2 N–H and O–H groups in total. The second-order valence-corrected chi connectivity index (χ2v) is 11.7. The fourth-order valence-corrected chi connectivity index (χ4v) is 6.35. The van der Waals surface area contributed by atoms with Crippen LogP contribution in [0.3, 0.4) is 0 Å². The van der Waals surface area contributed by atoms with Gasteiger partial charge in [0.05, 0.1) is 50.0 Å². The van der Waals surface area contributed by atoms with Gasteiger partial charge in [0.15, 0.2) is 23.0 Å². The summed E-state index contributed by atoms with van der Waals surface area (Å²) in [6.07, 6.45) is -2.52. The minimum absolute atomic E-state index is 0.177. The van der Waals surface area contributed by atoms with Crippen LogP contribution in [0.5, 0.6) is 23.0 Å². The number of methoxy groups -OCH3 is 2. The maximum Gasteiger partial charge on any atom is 0.303 e. The van der Waals surface area contributed by atoms with Crippen molar-refractivity contribution in [1.29, 1.82) is 0 Å². The third-order valence-corrected chi connectivity index (χ3v) is 8.86. The van der Waals surface area contributed by atoms with Crippen LogP contribution in [0.1, 0.15) is 41.9 Å². The molecule has 0 amide bonds. The minimum atomic E-state index is -3.29. The monoisotopic (exact) mass is 644 g/mol. The number of alkyl halides is 4. The number of hydrogen-bond acceptors (Lipinski definition) is 8. The molecule has 0 aliphatic rings. The lowest BCUT2D eigenvalue weighted by Gasteiger charge is -2.13. The van der Waals surface area contributed by atoms with Crippen LogP contribution in [0.15, 0.2) is 36.4 Å². The molecule has 14 heteroatoms. The van der Waals surface area contributed by atoms with E-state index in [1.165, 1.54) is 26.4 Å². The fourth-order valence-electron chi connectivity index (χ4n) is 4.20. The topological polar surface area (TPSA) is 112 Å². The molecule has 0 fully saturated rings. The molecule has 2 aromatic heterocycles. The smallest absolute Gasteiger partial charge is 0.303 e. The van der Waals surface area contributed by atoms with Gasteiger partial charge >= 0.3 is 11.9 Å². The lowest BCUT2D eigenvalue weighted by atomic mass is 10.1. The van der Waals surface area contributed by atoms with E-state index in [-0.39, 0.29) is 23.0 Å². The van der Waals surface area contributed by atoms with Gasteiger partial charge in [-0.25, -0.2) is 17.6 Å². The SMILES string of the molecule is COc1cc2sc(C(F)(F)CCC(=O)O)cc2cc1OCCCOc1cc2cc(C(F)(F)CCC(=O)O)sc2cc1OC. The average molecular weight is 645 g/mol. The number of hydrogen-bond donors (Lipinski definition) is 2. The Labute approximate surface area is 251 Å². The highest BCUT2D eigenvalue weighted by atomic mass is 32.1. The molecule has 0 spiro atoms. The first-order valence-corrected chi connectivity index (χ1v) is 14.6. The van der Waals surface area contributed by atoms with E-state index in [0.29, 0.717) is 49.6 Å². The van der Waals surface area contributed by atoms with E-state index in [1.54, 1.807) is 24.3 Å². The molecule has 0 saturated heterocycles. The Balaban J connectivity index is 1.39. The third-order valence-electron chi connectivity index (χ3n) is 6.44. The number of benzene rings is 2. The number of carboxylic acids is 2. The molecular formula is C29H28F4O8S2. The molecule has 2 heterocycles. The number of aliphatic carboxylic acids is 2. The summed E-state index contributed by atoms with van der Waals surface area (Å²) in [4.78, 5) is 21.0. The zero-order valence-corrected chi connectivity index (χ0v) is 24.7. The van der Waals surface area contributed by atoms with Gasteiger partial charge in [0, 0.05) is 40.8 Å². The van der Waals surface area contributed by atoms with E-state index < -0.39 is 49.5 Å². The highest BCUT2D eigenvalue weighted by molar-refractivity contribution is 7.19. The molecule has 2 aromatic carbocycles. The van der Waals surface area contributed by atoms with Gasteiger partial charge in [-0.05, 0) is 35.0 Å². The van der Waals surface area contributed by atoms with Crippen LogP contribution in [0.4, 0.5) is 17.6 Å². The number of carboxylic acid groups (broad SMARTS) is 2. The molecule has 0 aliphatic heterocycles. The first-order chi connectivity index (χ1) is 20.3. The van der Waals surface area contributed by atoms with E-state index in [4.69, 9.17) is 29.2 Å². The number of carbonyl (C=O) groups is 2. The number of fused-ring (bicyclic) bond motifs is 2. The lowest BCUT2D eigenvalue weighted by molar-refractivity contribution is -0.140. The van der Waals surface area contributed by atoms with Crippen molar-refractivity contribution >= 4 is 54.8 Å². The van der Waals surface area contributed by atoms with Gasteiger partial charge in [-0.1, -0.05) is 0 Å². The van der Waals surface area contributed by atoms with Crippen LogP contribution in [0, 0.1) is 0 Å². The van der Waals surface area contributed by atoms with Crippen molar-refractivity contribution in [2.24, 2.45) is 0 Å². The molecule has 43 heavy (non-hydrogen) atoms. The summed E-state index contributed by atoms with van der Waals surface area (Å²) in [5, 5.41) is 18.5. The number of rotatable bonds is 16. The summed E-state index contributed by atoms with van der Waals surface area (Å²) in [7, 11) is 2.85. The van der Waals surface area contributed by atoms with Gasteiger partial charge in [-0.15, -0.1) is 22.7 Å². The first kappa shape index (κ1) is 32.1. The van der Waals surface area contributed by atoms with Crippen LogP contribution in [0.25, 0.3) is 20.2 Å². The third kappa shape index (κ3) is 7.79. The standard InChI is InChI=1S/C29H28F4O8S2/c1-38-18-14-22-16(12-24(42-22)28(30,31)6-4-26(34)35)10-20(18)40-8-3-9-41-21-11-17-13-25(29(32,33)7-5-27(36)37)43-23(17)15-19(21)39-2/h10-15H,3-9H2,1-2H3,(H,34,35)(H,36,37). The molecule has 0 radical (unpaired) electrons. The van der Waals surface area contributed by atoms with Crippen molar-refractivity contribution in [2.45, 2.75) is 43.9 Å². The predicted molar refractivity (Wildman–Crippen MR) is 154 cm³/mol. The van der Waals surface area contributed by atoms with E-state index >= 15 is 0 Å². The first-order valence-electron chi connectivity index (χ1n) is 13.0. The quantitative estimate of drug-likeness (QED) is 0.0936. The number of halogens is 4. The highest BCUT2D eigenvalue weighted by Crippen LogP contribution is 2.45. The Morgan fingerprint density at radius 3 is 1.42 bits per heavy atom. The summed E-state index contributed by atoms with van der Waals surface area (Å²) in [6.45, 7) is 0.354. The van der Waals surface area contributed by atoms with Gasteiger partial charge in [0.25, 0.3) is 11.8 Å². The van der Waals surface area contributed by atoms with Crippen molar-refractivity contribution in [3.63, 3.8) is 0 Å². The Hall–Kier alpha value is -3.78. The molecule has 4 aromatic rings. The van der Waals surface area contributed by atoms with Crippen molar-refractivity contribution < 1.29 is 56.3 Å². The largest absolute Gasteiger partial charge is 0.493 e. The zero-order chi connectivity index (χ0) is 31.4. The lowest BCUT2D eigenvalue weighted by Crippen LogP contribution is -2.13. The van der Waals surface area contributed by atoms with Crippen LogP contribution in [-0.4, -0.2) is 49.6 Å². The molecule has 232 valence electrons. The molecule has 0 atom stereocenters. The van der Waals surface area contributed by atoms with Gasteiger partial charge in [-0.3, -0.25) is 9.59 Å². The van der Waals surface area contributed by atoms with Crippen molar-refractivity contribution in [1.82, 2.24) is 0 Å². The molecule has 4 rings (SSSR count). The Morgan fingerprint density at radius 1 is 0.674 bits per heavy atom. The molecule has 0 bridgehead atoms. The summed E-state index contributed by atoms with van der Waals surface area (Å²) in [6, 6.07) is 8.97. The molecule has 8 nitrogen and oxygen atoms in total. The average Bonchev–Trinajstić information content (AvgIpc) is 3.58. The van der Waals surface area contributed by atoms with E-state index in [1.807, 2.05) is 0 Å². The van der Waals surface area contributed by atoms with Gasteiger partial charge < -0.3 is 29.2 Å². The molecule has 0 aliphatic carbocycles. The summed E-state index contributed by atoms with van der Waals surface area (Å²) < 4.78 is 81.6. The van der Waals surface area contributed by atoms with Crippen LogP contribution >= 0.6 is 22.7 Å². The molecular weight excluding hydrogens is 616 g/mol. The normalized spacial score (nSPS) is 12.0. The number of ether oxygens (including phenoxy) is 4. The Bertz CT molecular complexity index is 1500. The minimum Gasteiger partial charge on any atom is -0.493 e. The van der Waals surface area contributed by atoms with Crippen molar-refractivity contribution in [2.75, 3.05) is 27.4 Å². The van der Waals surface area contributed by atoms with Crippen LogP contribution in [0.2, 0.25) is 0 Å². The van der Waals surface area contributed by atoms with Crippen LogP contribution < -0.4 is 18.9 Å². The van der Waals surface area contributed by atoms with Gasteiger partial charge in [0.1, 0.15) is 0 Å². The maximum absolute atomic E-state index is 14.5. The van der Waals surface area contributed by atoms with Gasteiger partial charge in [0.2, 0.25) is 0 Å². The second kappa shape index (κ2) is 13.2.